The van der Waals surface area contributed by atoms with Crippen molar-refractivity contribution in [1.82, 2.24) is 0 Å². The van der Waals surface area contributed by atoms with Crippen LogP contribution in [0, 0.1) is 35.5 Å². The van der Waals surface area contributed by atoms with Gasteiger partial charge in [0.25, 0.3) is 0 Å². The van der Waals surface area contributed by atoms with E-state index < -0.39 is 11.3 Å². The van der Waals surface area contributed by atoms with Gasteiger partial charge >= 0.3 is 0 Å². The zero-order chi connectivity index (χ0) is 10.7. The molecule has 88 valence electrons. The van der Waals surface area contributed by atoms with Crippen LogP contribution < -0.4 is 0 Å². The van der Waals surface area contributed by atoms with Crippen LogP contribution in [0.3, 0.4) is 0 Å². The number of alkyl halides is 2. The molecule has 0 aromatic carbocycles. The molecule has 8 bridgehead atoms. The predicted octanol–water partition coefficient (Wildman–Crippen LogP) is 3.51. The minimum Gasteiger partial charge on any atom is -0.243 e. The molecule has 16 heavy (non-hydrogen) atoms. The average molecular weight is 224 g/mol. The molecule has 0 spiro atoms. The van der Waals surface area contributed by atoms with Crippen LogP contribution in [-0.2, 0) is 0 Å². The van der Waals surface area contributed by atoms with Gasteiger partial charge in [-0.15, -0.1) is 0 Å². The quantitative estimate of drug-likeness (QED) is 0.590. The molecule has 0 aromatic heterocycles. The van der Waals surface area contributed by atoms with Crippen LogP contribution in [-0.4, -0.2) is 11.3 Å². The SMILES string of the molecule is FC12CC3CC4C1CC1CC2C(C3)C4(F)C1. The van der Waals surface area contributed by atoms with E-state index in [2.05, 4.69) is 0 Å². The summed E-state index contributed by atoms with van der Waals surface area (Å²) in [7, 11) is 0. The van der Waals surface area contributed by atoms with Gasteiger partial charge in [-0.3, -0.25) is 0 Å². The summed E-state index contributed by atoms with van der Waals surface area (Å²) in [6.07, 6.45) is 5.56. The van der Waals surface area contributed by atoms with Crippen LogP contribution >= 0.6 is 0 Å². The van der Waals surface area contributed by atoms with Crippen molar-refractivity contribution in [3.8, 4) is 0 Å². The molecule has 0 saturated heterocycles. The molecule has 0 nitrogen and oxygen atoms in total. The van der Waals surface area contributed by atoms with Crippen molar-refractivity contribution in [2.24, 2.45) is 35.5 Å². The van der Waals surface area contributed by atoms with E-state index in [1.54, 1.807) is 0 Å². The predicted molar refractivity (Wildman–Crippen MR) is 56.3 cm³/mol. The third-order valence-corrected chi connectivity index (χ3v) is 6.99. The lowest BCUT2D eigenvalue weighted by Gasteiger charge is -2.73. The summed E-state index contributed by atoms with van der Waals surface area (Å²) in [5.74, 6) is 1.44. The Kier molecular flexibility index (Phi) is 1.23. The van der Waals surface area contributed by atoms with E-state index in [-0.39, 0.29) is 23.7 Å². The van der Waals surface area contributed by atoms with Crippen molar-refractivity contribution in [3.05, 3.63) is 0 Å². The Balaban J connectivity index is 1.76. The van der Waals surface area contributed by atoms with Gasteiger partial charge < -0.3 is 0 Å². The Labute approximate surface area is 94.8 Å². The molecule has 7 aliphatic rings. The average Bonchev–Trinajstić information content (AvgIpc) is 2.24. The lowest BCUT2D eigenvalue weighted by atomic mass is 9.34. The van der Waals surface area contributed by atoms with Gasteiger partial charge in [-0.25, -0.2) is 8.78 Å². The molecular formula is C14H18F2. The first-order valence-electron chi connectivity index (χ1n) is 6.99. The van der Waals surface area contributed by atoms with Gasteiger partial charge in [0.15, 0.2) is 0 Å². The third-order valence-electron chi connectivity index (χ3n) is 6.99. The lowest BCUT2D eigenvalue weighted by molar-refractivity contribution is -0.300. The van der Waals surface area contributed by atoms with Gasteiger partial charge in [0.05, 0.1) is 0 Å². The molecule has 0 heterocycles. The van der Waals surface area contributed by atoms with E-state index in [1.807, 2.05) is 0 Å². The molecule has 4 unspecified atom stereocenters. The van der Waals surface area contributed by atoms with E-state index in [4.69, 9.17) is 0 Å². The minimum atomic E-state index is -0.941. The van der Waals surface area contributed by atoms with Gasteiger partial charge in [0, 0.05) is 0 Å². The summed E-state index contributed by atoms with van der Waals surface area (Å²) >= 11 is 0. The highest BCUT2D eigenvalue weighted by molar-refractivity contribution is 5.25. The standard InChI is InChI=1S/C14H18F2/c15-13-6-8-3-10-9(13)1-7-2-11(13)12(4-8)14(10,16)5-7/h7-12H,1-6H2. The highest BCUT2D eigenvalue weighted by atomic mass is 19.1. The summed E-state index contributed by atoms with van der Waals surface area (Å²) in [5, 5.41) is 0. The molecule has 7 saturated carbocycles. The normalized spacial score (nSPS) is 73.9. The van der Waals surface area contributed by atoms with Crippen molar-refractivity contribution >= 4 is 0 Å². The van der Waals surface area contributed by atoms with Gasteiger partial charge in [0.1, 0.15) is 11.3 Å². The van der Waals surface area contributed by atoms with E-state index in [9.17, 15) is 0 Å². The zero-order valence-corrected chi connectivity index (χ0v) is 9.46. The maximum absolute atomic E-state index is 15.2. The molecule has 0 N–H and O–H groups in total. The van der Waals surface area contributed by atoms with Crippen molar-refractivity contribution < 1.29 is 8.78 Å². The molecule has 7 fully saturated rings. The van der Waals surface area contributed by atoms with Gasteiger partial charge in [-0.1, -0.05) is 0 Å². The lowest BCUT2D eigenvalue weighted by Crippen LogP contribution is -2.75. The van der Waals surface area contributed by atoms with Crippen LogP contribution in [0.15, 0.2) is 0 Å². The second kappa shape index (κ2) is 2.22. The highest BCUT2D eigenvalue weighted by Gasteiger charge is 2.76. The van der Waals surface area contributed by atoms with E-state index in [0.29, 0.717) is 11.8 Å². The topological polar surface area (TPSA) is 0 Å². The van der Waals surface area contributed by atoms with Crippen molar-refractivity contribution in [2.45, 2.75) is 49.9 Å². The van der Waals surface area contributed by atoms with Gasteiger partial charge in [0.2, 0.25) is 0 Å². The maximum atomic E-state index is 15.2. The maximum Gasteiger partial charge on any atom is 0.117 e. The summed E-state index contributed by atoms with van der Waals surface area (Å²) in [6, 6.07) is 0. The molecular weight excluding hydrogens is 206 g/mol. The molecule has 7 rings (SSSR count). The van der Waals surface area contributed by atoms with Crippen LogP contribution in [0.2, 0.25) is 0 Å². The first kappa shape index (κ1) is 8.88. The summed E-state index contributed by atoms with van der Waals surface area (Å²) in [4.78, 5) is 0. The molecule has 0 aliphatic heterocycles. The molecule has 0 amide bonds. The van der Waals surface area contributed by atoms with E-state index >= 15 is 8.78 Å². The Morgan fingerprint density at radius 2 is 0.938 bits per heavy atom. The molecule has 7 aliphatic carbocycles. The van der Waals surface area contributed by atoms with Crippen LogP contribution in [0.5, 0.6) is 0 Å². The molecule has 0 radical (unpaired) electrons. The fourth-order valence-electron chi connectivity index (χ4n) is 6.78. The van der Waals surface area contributed by atoms with Crippen molar-refractivity contribution in [3.63, 3.8) is 0 Å². The molecule has 4 atom stereocenters. The Bertz CT molecular complexity index is 317. The second-order valence-corrected chi connectivity index (χ2v) is 7.36. The largest absolute Gasteiger partial charge is 0.243 e. The Morgan fingerprint density at radius 1 is 0.625 bits per heavy atom. The first-order chi connectivity index (χ1) is 7.61. The van der Waals surface area contributed by atoms with Gasteiger partial charge in [-0.05, 0) is 74.0 Å². The van der Waals surface area contributed by atoms with Crippen molar-refractivity contribution in [1.29, 1.82) is 0 Å². The Morgan fingerprint density at radius 3 is 1.25 bits per heavy atom. The minimum absolute atomic E-state index is 0.0998. The van der Waals surface area contributed by atoms with Crippen molar-refractivity contribution in [2.75, 3.05) is 0 Å². The van der Waals surface area contributed by atoms with Crippen LogP contribution in [0.4, 0.5) is 8.78 Å². The van der Waals surface area contributed by atoms with Crippen LogP contribution in [0.1, 0.15) is 38.5 Å². The summed E-state index contributed by atoms with van der Waals surface area (Å²) in [5.41, 5.74) is -1.88. The second-order valence-electron chi connectivity index (χ2n) is 7.36. The number of hydrogen-bond donors (Lipinski definition) is 0. The highest BCUT2D eigenvalue weighted by Crippen LogP contribution is 2.75. The Hall–Kier alpha value is -0.140. The van der Waals surface area contributed by atoms with E-state index in [1.165, 1.54) is 0 Å². The van der Waals surface area contributed by atoms with Gasteiger partial charge in [-0.2, -0.15) is 0 Å². The fraction of sp³-hybridized carbons (Fsp3) is 1.00. The molecule has 2 heteroatoms. The summed E-state index contributed by atoms with van der Waals surface area (Å²) < 4.78 is 30.4. The van der Waals surface area contributed by atoms with Crippen LogP contribution in [0.25, 0.3) is 0 Å². The number of rotatable bonds is 0. The summed E-state index contributed by atoms with van der Waals surface area (Å²) in [6.45, 7) is 0. The smallest absolute Gasteiger partial charge is 0.117 e. The molecule has 0 aromatic rings. The number of halogens is 2. The number of hydrogen-bond acceptors (Lipinski definition) is 0. The van der Waals surface area contributed by atoms with E-state index in [0.717, 1.165) is 38.5 Å². The monoisotopic (exact) mass is 224 g/mol. The fourth-order valence-corrected chi connectivity index (χ4v) is 6.78. The third kappa shape index (κ3) is 0.685. The first-order valence-corrected chi connectivity index (χ1v) is 6.99. The zero-order valence-electron chi connectivity index (χ0n) is 9.46.